The van der Waals surface area contributed by atoms with Crippen molar-refractivity contribution in [2.45, 2.75) is 0 Å². The number of para-hydroxylation sites is 2. The summed E-state index contributed by atoms with van der Waals surface area (Å²) in [6.45, 7) is 1.96. The van der Waals surface area contributed by atoms with Gasteiger partial charge in [-0.15, -0.1) is 46.5 Å². The first-order valence-corrected chi connectivity index (χ1v) is 12.3. The van der Waals surface area contributed by atoms with E-state index in [0.717, 1.165) is 22.2 Å². The van der Waals surface area contributed by atoms with E-state index in [-0.39, 0.29) is 27.9 Å². The quantitative estimate of drug-likeness (QED) is 0.191. The Balaban J connectivity index is 0.00000242. The van der Waals surface area contributed by atoms with Crippen molar-refractivity contribution >= 4 is 34.8 Å². The predicted octanol–water partition coefficient (Wildman–Crippen LogP) is 5.19. The van der Waals surface area contributed by atoms with Gasteiger partial charge in [-0.05, 0) is 37.1 Å². The molecule has 0 unspecified atom stereocenters. The van der Waals surface area contributed by atoms with Crippen molar-refractivity contribution < 1.29 is 25.5 Å². The maximum Gasteiger partial charge on any atom is 0.285 e. The summed E-state index contributed by atoms with van der Waals surface area (Å²) in [4.78, 5) is 11.0. The fourth-order valence-corrected chi connectivity index (χ4v) is 5.77. The summed E-state index contributed by atoms with van der Waals surface area (Å²) in [5.41, 5.74) is 11.2. The molecule has 8 rings (SSSR count). The largest absolute Gasteiger partial charge is 0.510 e. The second-order valence-electron chi connectivity index (χ2n) is 9.50. The summed E-state index contributed by atoms with van der Waals surface area (Å²) in [6.07, 6.45) is 7.38. The summed E-state index contributed by atoms with van der Waals surface area (Å²) in [5, 5.41) is 0. The molecular formula is C31H20BN4OPt-3. The second-order valence-corrected chi connectivity index (χ2v) is 9.50. The molecule has 7 heteroatoms. The molecule has 0 spiro atoms. The van der Waals surface area contributed by atoms with Crippen molar-refractivity contribution in [2.75, 3.05) is 16.8 Å². The number of hydrogen-bond donors (Lipinski definition) is 0. The molecule has 0 N–H and O–H groups in total. The minimum absolute atomic E-state index is 0. The first kappa shape index (κ1) is 23.1. The summed E-state index contributed by atoms with van der Waals surface area (Å²) >= 11 is 0. The molecule has 0 amide bonds. The molecule has 3 aliphatic heterocycles. The average Bonchev–Trinajstić information content (AvgIpc) is 3.65. The molecule has 0 radical (unpaired) electrons. The van der Waals surface area contributed by atoms with Crippen LogP contribution in [0.4, 0.5) is 17.1 Å². The van der Waals surface area contributed by atoms with Crippen molar-refractivity contribution in [1.82, 2.24) is 9.88 Å². The van der Waals surface area contributed by atoms with Crippen LogP contribution in [0.25, 0.3) is 33.7 Å². The molecule has 5 aromatic rings. The van der Waals surface area contributed by atoms with Crippen molar-refractivity contribution in [1.29, 1.82) is 0 Å². The fraction of sp³-hybridized carbons (Fsp3) is 0.0323. The van der Waals surface area contributed by atoms with E-state index in [0.29, 0.717) is 5.89 Å². The Hall–Kier alpha value is -4.02. The van der Waals surface area contributed by atoms with E-state index in [9.17, 15) is 0 Å². The minimum Gasteiger partial charge on any atom is -0.510 e. The van der Waals surface area contributed by atoms with Gasteiger partial charge in [-0.2, -0.15) is 24.3 Å². The van der Waals surface area contributed by atoms with Gasteiger partial charge in [-0.3, -0.25) is 4.98 Å². The van der Waals surface area contributed by atoms with Gasteiger partial charge in [-0.25, -0.2) is 0 Å². The number of benzene rings is 4. The molecule has 0 saturated carbocycles. The van der Waals surface area contributed by atoms with Gasteiger partial charge >= 0.3 is 0 Å². The summed E-state index contributed by atoms with van der Waals surface area (Å²) in [6, 6.07) is 33.4. The van der Waals surface area contributed by atoms with Gasteiger partial charge in [-0.1, -0.05) is 47.5 Å². The Morgan fingerprint density at radius 3 is 2.13 bits per heavy atom. The summed E-state index contributed by atoms with van der Waals surface area (Å²) < 4.78 is 5.65. The fourth-order valence-electron chi connectivity index (χ4n) is 5.77. The monoisotopic (exact) mass is 670 g/mol. The molecule has 5 nitrogen and oxygen atoms in total. The van der Waals surface area contributed by atoms with E-state index in [1.165, 1.54) is 33.6 Å². The van der Waals surface area contributed by atoms with E-state index in [1.807, 2.05) is 18.1 Å². The van der Waals surface area contributed by atoms with Gasteiger partial charge in [0.05, 0.1) is 12.5 Å². The first-order valence-electron chi connectivity index (χ1n) is 12.3. The molecule has 0 atom stereocenters. The maximum absolute atomic E-state index is 5.65. The van der Waals surface area contributed by atoms with Crippen LogP contribution in [0.15, 0.2) is 102 Å². The standard InChI is InChI=1S/C31H20BN4O.Pt/c1-34-15-16-35(20-34)22-11-13-24-26-7-3-5-9-30(26)36-29-8-4-2-6-25(29)23-12-10-21(31-33-14-17-37-31)18-27(23)32(36)28(24)19-22;/h2-17,20H,1H3;/q-3;. The third kappa shape index (κ3) is 3.33. The number of anilines is 3. The SMILES string of the molecule is CN1C=CN(c2[c-]c3c(cc2)-c2ccccc2N2B3c3[c-]c(-c4ncco4)ccc3-c3ccccc32)[CH-]1.[Pt]. The van der Waals surface area contributed by atoms with E-state index in [2.05, 4.69) is 112 Å². The normalized spacial score (nSPS) is 14.3. The van der Waals surface area contributed by atoms with Crippen LogP contribution in [0.2, 0.25) is 0 Å². The molecule has 3 aliphatic rings. The van der Waals surface area contributed by atoms with E-state index >= 15 is 0 Å². The molecule has 186 valence electrons. The molecular weight excluding hydrogens is 650 g/mol. The topological polar surface area (TPSA) is 35.8 Å². The Morgan fingerprint density at radius 1 is 0.789 bits per heavy atom. The van der Waals surface area contributed by atoms with E-state index in [4.69, 9.17) is 4.42 Å². The van der Waals surface area contributed by atoms with Gasteiger partial charge in [0, 0.05) is 32.4 Å². The van der Waals surface area contributed by atoms with Crippen molar-refractivity contribution in [3.8, 4) is 33.7 Å². The van der Waals surface area contributed by atoms with Gasteiger partial charge in [0.1, 0.15) is 5.89 Å². The molecule has 38 heavy (non-hydrogen) atoms. The minimum atomic E-state index is -0.103. The maximum atomic E-state index is 5.65. The van der Waals surface area contributed by atoms with Crippen LogP contribution in [0, 0.1) is 18.8 Å². The number of nitrogens with zero attached hydrogens (tertiary/aromatic N) is 4. The molecule has 1 aromatic heterocycles. The zero-order valence-corrected chi connectivity index (χ0v) is 22.7. The van der Waals surface area contributed by atoms with Crippen LogP contribution >= 0.6 is 0 Å². The molecule has 0 bridgehead atoms. The Kier molecular flexibility index (Phi) is 5.34. The van der Waals surface area contributed by atoms with Gasteiger partial charge in [0.15, 0.2) is 0 Å². The third-order valence-corrected chi connectivity index (χ3v) is 7.36. The zero-order valence-electron chi connectivity index (χ0n) is 20.4. The number of oxazole rings is 1. The Morgan fingerprint density at radius 2 is 1.47 bits per heavy atom. The number of rotatable bonds is 2. The first-order chi connectivity index (χ1) is 18.3. The van der Waals surface area contributed by atoms with Crippen LogP contribution in [-0.4, -0.2) is 23.8 Å². The smallest absolute Gasteiger partial charge is 0.285 e. The van der Waals surface area contributed by atoms with Gasteiger partial charge in [0.2, 0.25) is 0 Å². The Bertz CT molecular complexity index is 1720. The molecule has 0 saturated heterocycles. The van der Waals surface area contributed by atoms with Crippen LogP contribution in [-0.2, 0) is 21.1 Å². The number of hydrogen-bond acceptors (Lipinski definition) is 5. The number of fused-ring (bicyclic) bond motifs is 11. The van der Waals surface area contributed by atoms with Gasteiger partial charge < -0.3 is 19.0 Å². The summed E-state index contributed by atoms with van der Waals surface area (Å²) in [7, 11) is 2.03. The van der Waals surface area contributed by atoms with Crippen molar-refractivity contribution in [3.05, 3.63) is 116 Å². The Labute approximate surface area is 236 Å². The number of aromatic nitrogens is 1. The van der Waals surface area contributed by atoms with Crippen LogP contribution in [0.3, 0.4) is 0 Å². The van der Waals surface area contributed by atoms with Crippen LogP contribution in [0.5, 0.6) is 0 Å². The third-order valence-electron chi connectivity index (χ3n) is 7.36. The summed E-state index contributed by atoms with van der Waals surface area (Å²) in [5.74, 6) is 0.571. The van der Waals surface area contributed by atoms with Crippen LogP contribution in [0.1, 0.15) is 0 Å². The molecule has 0 aliphatic carbocycles. The van der Waals surface area contributed by atoms with Crippen molar-refractivity contribution in [2.24, 2.45) is 0 Å². The van der Waals surface area contributed by atoms with E-state index in [1.54, 1.807) is 12.5 Å². The average molecular weight is 670 g/mol. The van der Waals surface area contributed by atoms with Crippen molar-refractivity contribution in [3.63, 3.8) is 0 Å². The van der Waals surface area contributed by atoms with Crippen LogP contribution < -0.4 is 20.6 Å². The molecule has 4 heterocycles. The zero-order chi connectivity index (χ0) is 24.5. The molecule has 0 fully saturated rings. The molecule has 4 aromatic carbocycles. The second kappa shape index (κ2) is 8.78. The predicted molar refractivity (Wildman–Crippen MR) is 148 cm³/mol. The van der Waals surface area contributed by atoms with Gasteiger partial charge in [0.25, 0.3) is 6.85 Å². The van der Waals surface area contributed by atoms with E-state index < -0.39 is 0 Å².